The summed E-state index contributed by atoms with van der Waals surface area (Å²) in [6.45, 7) is 6.34. The van der Waals surface area contributed by atoms with Crippen molar-refractivity contribution in [3.63, 3.8) is 0 Å². The van der Waals surface area contributed by atoms with Crippen molar-refractivity contribution in [2.24, 2.45) is 0 Å². The second-order valence-electron chi connectivity index (χ2n) is 6.12. The van der Waals surface area contributed by atoms with E-state index >= 15 is 0 Å². The number of amides is 1. The summed E-state index contributed by atoms with van der Waals surface area (Å²) in [4.78, 5) is 28.3. The fraction of sp³-hybridized carbons (Fsp3) is 0.643. The van der Waals surface area contributed by atoms with Crippen molar-refractivity contribution in [1.29, 1.82) is 0 Å². The summed E-state index contributed by atoms with van der Waals surface area (Å²) in [5, 5.41) is 11.0. The first-order valence-corrected chi connectivity index (χ1v) is 6.90. The number of ether oxygens (including phenoxy) is 1. The minimum Gasteiger partial charge on any atom is -0.543 e. The Balaban J connectivity index is 0.00000242. The van der Waals surface area contributed by atoms with Crippen molar-refractivity contribution in [1.82, 2.24) is 9.88 Å². The molecule has 1 fully saturated rings. The third-order valence-electron chi connectivity index (χ3n) is 3.23. The van der Waals surface area contributed by atoms with Crippen molar-refractivity contribution < 1.29 is 42.7 Å². The molecule has 1 saturated heterocycles. The van der Waals surface area contributed by atoms with E-state index in [0.717, 1.165) is 19.2 Å². The number of hydrogen-bond acceptors (Lipinski definition) is 6. The smallest absolute Gasteiger partial charge is 0.543 e. The Morgan fingerprint density at radius 3 is 2.73 bits per heavy atom. The van der Waals surface area contributed by atoms with Crippen LogP contribution in [0.2, 0.25) is 0 Å². The molecule has 116 valence electrons. The Hall–Kier alpha value is -1.45. The molecule has 8 heteroatoms. The molecule has 0 bridgehead atoms. The molecular formula is C14H19LiN2O5. The monoisotopic (exact) mass is 302 g/mol. The number of oxazole rings is 1. The molecule has 0 saturated carbocycles. The topological polar surface area (TPSA) is 95.7 Å². The summed E-state index contributed by atoms with van der Waals surface area (Å²) in [6, 6.07) is 0. The molecule has 1 unspecified atom stereocenters. The fourth-order valence-corrected chi connectivity index (χ4v) is 2.38. The zero-order valence-corrected chi connectivity index (χ0v) is 13.4. The van der Waals surface area contributed by atoms with Crippen LogP contribution in [0.4, 0.5) is 4.79 Å². The van der Waals surface area contributed by atoms with Crippen LogP contribution in [0, 0.1) is 0 Å². The van der Waals surface area contributed by atoms with Crippen LogP contribution in [-0.4, -0.2) is 40.6 Å². The van der Waals surface area contributed by atoms with E-state index < -0.39 is 17.7 Å². The normalized spacial score (nSPS) is 18.5. The van der Waals surface area contributed by atoms with Gasteiger partial charge in [0.1, 0.15) is 17.1 Å². The zero-order chi connectivity index (χ0) is 15.6. The van der Waals surface area contributed by atoms with Crippen molar-refractivity contribution in [2.75, 3.05) is 13.1 Å². The van der Waals surface area contributed by atoms with E-state index in [-0.39, 0.29) is 36.2 Å². The van der Waals surface area contributed by atoms with Gasteiger partial charge in [0.25, 0.3) is 0 Å². The van der Waals surface area contributed by atoms with Gasteiger partial charge in [0.2, 0.25) is 0 Å². The molecule has 1 aromatic heterocycles. The van der Waals surface area contributed by atoms with Gasteiger partial charge in [-0.25, -0.2) is 9.78 Å². The maximum absolute atomic E-state index is 12.1. The molecule has 22 heavy (non-hydrogen) atoms. The first-order chi connectivity index (χ1) is 9.78. The van der Waals surface area contributed by atoms with Crippen LogP contribution < -0.4 is 24.0 Å². The number of hydrogen-bond donors (Lipinski definition) is 0. The molecule has 7 nitrogen and oxygen atoms in total. The van der Waals surface area contributed by atoms with Gasteiger partial charge in [-0.1, -0.05) is 0 Å². The van der Waals surface area contributed by atoms with E-state index in [2.05, 4.69) is 4.98 Å². The molecule has 1 amide bonds. The second kappa shape index (κ2) is 7.21. The third kappa shape index (κ3) is 4.52. The van der Waals surface area contributed by atoms with E-state index in [1.807, 2.05) is 0 Å². The maximum atomic E-state index is 12.1. The first-order valence-electron chi connectivity index (χ1n) is 6.90. The molecule has 0 spiro atoms. The minimum absolute atomic E-state index is 0. The Labute approximate surface area is 141 Å². The number of piperidine rings is 1. The number of rotatable bonds is 2. The minimum atomic E-state index is -1.37. The van der Waals surface area contributed by atoms with E-state index in [9.17, 15) is 14.7 Å². The molecule has 0 aromatic carbocycles. The van der Waals surface area contributed by atoms with E-state index in [0.29, 0.717) is 13.1 Å². The molecule has 1 aromatic rings. The van der Waals surface area contributed by atoms with E-state index in [1.54, 1.807) is 25.7 Å². The van der Waals surface area contributed by atoms with Gasteiger partial charge in [-0.2, -0.15) is 0 Å². The van der Waals surface area contributed by atoms with Crippen LogP contribution in [0.15, 0.2) is 10.8 Å². The average molecular weight is 302 g/mol. The molecular weight excluding hydrogens is 283 g/mol. The van der Waals surface area contributed by atoms with Gasteiger partial charge in [-0.3, -0.25) is 0 Å². The van der Waals surface area contributed by atoms with Crippen LogP contribution in [-0.2, 0) is 4.74 Å². The fourth-order valence-electron chi connectivity index (χ4n) is 2.38. The summed E-state index contributed by atoms with van der Waals surface area (Å²) in [5.41, 5.74) is -0.752. The largest absolute Gasteiger partial charge is 1.00 e. The number of carbonyl (C=O) groups excluding carboxylic acids is 2. The number of aromatic nitrogens is 1. The van der Waals surface area contributed by atoms with E-state index in [1.165, 1.54) is 0 Å². The van der Waals surface area contributed by atoms with Gasteiger partial charge in [0, 0.05) is 19.0 Å². The van der Waals surface area contributed by atoms with Gasteiger partial charge in [-0.15, -0.1) is 0 Å². The van der Waals surface area contributed by atoms with Gasteiger partial charge >= 0.3 is 25.0 Å². The van der Waals surface area contributed by atoms with Crippen LogP contribution in [0.1, 0.15) is 55.8 Å². The average Bonchev–Trinajstić information content (AvgIpc) is 2.86. The number of carbonyl (C=O) groups is 2. The maximum Gasteiger partial charge on any atom is 1.00 e. The molecule has 2 heterocycles. The van der Waals surface area contributed by atoms with Crippen molar-refractivity contribution in [2.45, 2.75) is 45.1 Å². The zero-order valence-electron chi connectivity index (χ0n) is 13.4. The van der Waals surface area contributed by atoms with Gasteiger partial charge in [0.15, 0.2) is 6.39 Å². The third-order valence-corrected chi connectivity index (χ3v) is 3.23. The van der Waals surface area contributed by atoms with E-state index in [4.69, 9.17) is 9.15 Å². The predicted molar refractivity (Wildman–Crippen MR) is 70.6 cm³/mol. The molecule has 1 atom stereocenters. The Morgan fingerprint density at radius 2 is 2.14 bits per heavy atom. The molecule has 1 aliphatic heterocycles. The number of likely N-dealkylation sites (tertiary alicyclic amines) is 1. The SMILES string of the molecule is CC(C)(C)OC(=O)N1CCCC(c2ocnc2C(=O)[O-])C1.[Li+]. The number of aromatic carboxylic acids is 1. The van der Waals surface area contributed by atoms with Crippen molar-refractivity contribution in [3.05, 3.63) is 17.8 Å². The predicted octanol–water partition coefficient (Wildman–Crippen LogP) is -1.84. The summed E-state index contributed by atoms with van der Waals surface area (Å²) in [7, 11) is 0. The van der Waals surface area contributed by atoms with Crippen LogP contribution in [0.5, 0.6) is 0 Å². The number of carboxylic acid groups (broad SMARTS) is 1. The standard InChI is InChI=1S/C14H20N2O5.Li/c1-14(2,3)21-13(19)16-6-4-5-9(7-16)11-10(12(17)18)15-8-20-11;/h8-9H,4-7H2,1-3H3,(H,17,18);/q;+1/p-1. The molecule has 0 N–H and O–H groups in total. The number of carboxylic acids is 1. The summed E-state index contributed by atoms with van der Waals surface area (Å²) in [6.07, 6.45) is 2.17. The van der Waals surface area contributed by atoms with Gasteiger partial charge in [0.05, 0.1) is 5.97 Å². The molecule has 0 aliphatic carbocycles. The van der Waals surface area contributed by atoms with Crippen LogP contribution in [0.3, 0.4) is 0 Å². The second-order valence-corrected chi connectivity index (χ2v) is 6.12. The van der Waals surface area contributed by atoms with Crippen LogP contribution >= 0.6 is 0 Å². The van der Waals surface area contributed by atoms with Gasteiger partial charge < -0.3 is 24.0 Å². The summed E-state index contributed by atoms with van der Waals surface area (Å²) < 4.78 is 10.5. The van der Waals surface area contributed by atoms with Gasteiger partial charge in [-0.05, 0) is 33.6 Å². The van der Waals surface area contributed by atoms with Crippen LogP contribution in [0.25, 0.3) is 0 Å². The first kappa shape index (κ1) is 18.6. The Morgan fingerprint density at radius 1 is 1.45 bits per heavy atom. The molecule has 0 radical (unpaired) electrons. The van der Waals surface area contributed by atoms with Crippen molar-refractivity contribution >= 4 is 12.1 Å². The molecule has 1 aliphatic rings. The summed E-state index contributed by atoms with van der Waals surface area (Å²) in [5.74, 6) is -1.31. The summed E-state index contributed by atoms with van der Waals surface area (Å²) >= 11 is 0. The molecule has 2 rings (SSSR count). The van der Waals surface area contributed by atoms with Crippen molar-refractivity contribution in [3.8, 4) is 0 Å². The Kier molecular flexibility index (Phi) is 6.09. The number of nitrogens with zero attached hydrogens (tertiary/aromatic N) is 2. The Bertz CT molecular complexity index is 538. The quantitative estimate of drug-likeness (QED) is 0.596.